The highest BCUT2D eigenvalue weighted by atomic mass is 16.1. The van der Waals surface area contributed by atoms with Gasteiger partial charge in [-0.1, -0.05) is 33.8 Å². The van der Waals surface area contributed by atoms with Crippen molar-refractivity contribution in [3.63, 3.8) is 0 Å². The van der Waals surface area contributed by atoms with Crippen LogP contribution in [-0.4, -0.2) is 17.9 Å². The van der Waals surface area contributed by atoms with Crippen molar-refractivity contribution in [2.45, 2.75) is 33.6 Å². The largest absolute Gasteiger partial charge is 0.354 e. The van der Waals surface area contributed by atoms with Gasteiger partial charge in [-0.15, -0.1) is 0 Å². The van der Waals surface area contributed by atoms with Gasteiger partial charge in [0, 0.05) is 13.2 Å². The van der Waals surface area contributed by atoms with E-state index in [9.17, 15) is 4.79 Å². The average Bonchev–Trinajstić information content (AvgIpc) is 2.31. The summed E-state index contributed by atoms with van der Waals surface area (Å²) < 4.78 is 0. The molecule has 1 amide bonds. The van der Waals surface area contributed by atoms with Crippen LogP contribution >= 0.6 is 0 Å². The van der Waals surface area contributed by atoms with Crippen LogP contribution in [0, 0.1) is 0 Å². The Morgan fingerprint density at radius 3 is 2.27 bits per heavy atom. The van der Waals surface area contributed by atoms with Gasteiger partial charge in [0.2, 0.25) is 0 Å². The highest BCUT2D eigenvalue weighted by Gasteiger charge is 2.04. The Kier molecular flexibility index (Phi) is 6.34. The molecule has 0 aliphatic rings. The van der Waals surface area contributed by atoms with Crippen molar-refractivity contribution in [2.75, 3.05) is 7.05 Å². The third kappa shape index (κ3) is 4.11. The predicted molar refractivity (Wildman–Crippen MR) is 63.1 cm³/mol. The molecule has 0 aliphatic carbocycles. The van der Waals surface area contributed by atoms with Crippen molar-refractivity contribution in [1.29, 1.82) is 0 Å². The number of nitrogens with zero attached hydrogens (tertiary/aromatic N) is 1. The Labute approximate surface area is 91.9 Å². The van der Waals surface area contributed by atoms with E-state index in [0.717, 1.165) is 5.56 Å². The minimum absolute atomic E-state index is 0.143. The summed E-state index contributed by atoms with van der Waals surface area (Å²) in [5.74, 6) is 0.307. The van der Waals surface area contributed by atoms with Crippen LogP contribution in [0.15, 0.2) is 18.3 Å². The van der Waals surface area contributed by atoms with E-state index in [2.05, 4.69) is 24.1 Å². The summed E-state index contributed by atoms with van der Waals surface area (Å²) in [5.41, 5.74) is 1.61. The number of hydrogen-bond donors (Lipinski definition) is 1. The number of amides is 1. The molecule has 0 aliphatic heterocycles. The molecule has 0 saturated heterocycles. The fraction of sp³-hybridized carbons (Fsp3) is 0.500. The van der Waals surface area contributed by atoms with Crippen molar-refractivity contribution in [1.82, 2.24) is 10.3 Å². The molecule has 15 heavy (non-hydrogen) atoms. The van der Waals surface area contributed by atoms with Gasteiger partial charge in [-0.25, -0.2) is 0 Å². The van der Waals surface area contributed by atoms with Crippen molar-refractivity contribution in [2.24, 2.45) is 0 Å². The van der Waals surface area contributed by atoms with Crippen LogP contribution in [0.25, 0.3) is 0 Å². The van der Waals surface area contributed by atoms with Crippen LogP contribution in [0.5, 0.6) is 0 Å². The summed E-state index contributed by atoms with van der Waals surface area (Å²) in [7, 11) is 1.60. The Bertz CT molecular complexity index is 291. The fourth-order valence-corrected chi connectivity index (χ4v) is 1.01. The van der Waals surface area contributed by atoms with Gasteiger partial charge >= 0.3 is 0 Å². The summed E-state index contributed by atoms with van der Waals surface area (Å²) in [6.07, 6.45) is 1.75. The van der Waals surface area contributed by atoms with Gasteiger partial charge in [0.25, 0.3) is 5.91 Å². The van der Waals surface area contributed by atoms with Gasteiger partial charge in [-0.2, -0.15) is 0 Å². The molecule has 0 radical (unpaired) electrons. The van der Waals surface area contributed by atoms with Crippen LogP contribution in [0.1, 0.15) is 49.7 Å². The Morgan fingerprint density at radius 1 is 1.33 bits per heavy atom. The third-order valence-electron chi connectivity index (χ3n) is 1.91. The van der Waals surface area contributed by atoms with Gasteiger partial charge in [0.05, 0.1) is 0 Å². The van der Waals surface area contributed by atoms with E-state index in [1.807, 2.05) is 19.9 Å². The molecule has 0 unspecified atom stereocenters. The lowest BCUT2D eigenvalue weighted by Gasteiger charge is -2.04. The lowest BCUT2D eigenvalue weighted by atomic mass is 10.1. The number of hydrogen-bond acceptors (Lipinski definition) is 2. The number of rotatable bonds is 2. The highest BCUT2D eigenvalue weighted by molar-refractivity contribution is 5.91. The summed E-state index contributed by atoms with van der Waals surface area (Å²) in [4.78, 5) is 15.2. The number of carbonyl (C=O) groups excluding carboxylic acids is 1. The third-order valence-corrected chi connectivity index (χ3v) is 1.91. The van der Waals surface area contributed by atoms with Crippen LogP contribution in [0.2, 0.25) is 0 Å². The van der Waals surface area contributed by atoms with E-state index in [-0.39, 0.29) is 5.91 Å². The van der Waals surface area contributed by atoms with Crippen molar-refractivity contribution in [3.05, 3.63) is 29.6 Å². The molecule has 3 nitrogen and oxygen atoms in total. The smallest absolute Gasteiger partial charge is 0.269 e. The first-order valence-electron chi connectivity index (χ1n) is 5.33. The zero-order chi connectivity index (χ0) is 11.8. The second-order valence-corrected chi connectivity index (χ2v) is 3.21. The molecule has 1 N–H and O–H groups in total. The zero-order valence-electron chi connectivity index (χ0n) is 10.2. The van der Waals surface area contributed by atoms with Crippen LogP contribution in [0.3, 0.4) is 0 Å². The Balaban J connectivity index is 0.000000921. The van der Waals surface area contributed by atoms with E-state index < -0.39 is 0 Å². The molecular weight excluding hydrogens is 188 g/mol. The molecule has 1 heterocycles. The van der Waals surface area contributed by atoms with Gasteiger partial charge in [0.15, 0.2) is 0 Å². The van der Waals surface area contributed by atoms with Crippen molar-refractivity contribution in [3.8, 4) is 0 Å². The van der Waals surface area contributed by atoms with Gasteiger partial charge in [-0.05, 0) is 17.5 Å². The fourth-order valence-electron chi connectivity index (χ4n) is 1.01. The molecule has 0 saturated carbocycles. The molecule has 0 fully saturated rings. The molecule has 0 aromatic carbocycles. The van der Waals surface area contributed by atoms with Gasteiger partial charge in [-0.3, -0.25) is 9.78 Å². The van der Waals surface area contributed by atoms with Crippen LogP contribution in [-0.2, 0) is 0 Å². The first-order valence-corrected chi connectivity index (χ1v) is 5.33. The molecule has 1 aromatic heterocycles. The summed E-state index contributed by atoms with van der Waals surface area (Å²) in [6.45, 7) is 8.19. The lowest BCUT2D eigenvalue weighted by Crippen LogP contribution is -2.19. The Morgan fingerprint density at radius 2 is 1.93 bits per heavy atom. The van der Waals surface area contributed by atoms with E-state index in [1.165, 1.54) is 0 Å². The predicted octanol–water partition coefficient (Wildman–Crippen LogP) is 2.59. The van der Waals surface area contributed by atoms with E-state index in [1.54, 1.807) is 19.3 Å². The van der Waals surface area contributed by atoms with Crippen LogP contribution in [0.4, 0.5) is 0 Å². The Hall–Kier alpha value is -1.38. The lowest BCUT2D eigenvalue weighted by molar-refractivity contribution is 0.0958. The highest BCUT2D eigenvalue weighted by Crippen LogP contribution is 2.12. The maximum atomic E-state index is 11.1. The molecule has 0 bridgehead atoms. The first-order chi connectivity index (χ1) is 7.15. The standard InChI is InChI=1S/C10H14N2O.C2H6/c1-7(2)8-4-5-9(12-6-8)10(13)11-3;1-2/h4-7H,1-3H3,(H,11,13);1-2H3. The molecule has 0 atom stereocenters. The number of carbonyl (C=O) groups is 1. The number of pyridine rings is 1. The maximum Gasteiger partial charge on any atom is 0.269 e. The topological polar surface area (TPSA) is 42.0 Å². The summed E-state index contributed by atoms with van der Waals surface area (Å²) in [5, 5.41) is 2.53. The quantitative estimate of drug-likeness (QED) is 0.811. The second-order valence-electron chi connectivity index (χ2n) is 3.21. The van der Waals surface area contributed by atoms with Gasteiger partial charge < -0.3 is 5.32 Å². The molecule has 84 valence electrons. The average molecular weight is 208 g/mol. The molecule has 3 heteroatoms. The normalized spacial score (nSPS) is 9.20. The number of nitrogens with one attached hydrogen (secondary N) is 1. The number of aromatic nitrogens is 1. The van der Waals surface area contributed by atoms with E-state index in [4.69, 9.17) is 0 Å². The molecular formula is C12H20N2O. The van der Waals surface area contributed by atoms with Crippen molar-refractivity contribution >= 4 is 5.91 Å². The van der Waals surface area contributed by atoms with Crippen LogP contribution < -0.4 is 5.32 Å². The van der Waals surface area contributed by atoms with Gasteiger partial charge in [0.1, 0.15) is 5.69 Å². The molecule has 1 aromatic rings. The first kappa shape index (κ1) is 13.6. The monoisotopic (exact) mass is 208 g/mol. The SMILES string of the molecule is CC.CNC(=O)c1ccc(C(C)C)cn1. The van der Waals surface area contributed by atoms with E-state index >= 15 is 0 Å². The summed E-state index contributed by atoms with van der Waals surface area (Å²) in [6, 6.07) is 3.68. The minimum Gasteiger partial charge on any atom is -0.354 e. The summed E-state index contributed by atoms with van der Waals surface area (Å²) >= 11 is 0. The zero-order valence-corrected chi connectivity index (χ0v) is 10.2. The second kappa shape index (κ2) is 6.98. The minimum atomic E-state index is -0.143. The molecule has 1 rings (SSSR count). The van der Waals surface area contributed by atoms with Crippen molar-refractivity contribution < 1.29 is 4.79 Å². The molecule has 0 spiro atoms. The van der Waals surface area contributed by atoms with E-state index in [0.29, 0.717) is 11.6 Å². The maximum absolute atomic E-state index is 11.1.